The maximum absolute atomic E-state index is 12.9. The van der Waals surface area contributed by atoms with Crippen LogP contribution in [0.25, 0.3) is 10.2 Å². The first-order valence-electron chi connectivity index (χ1n) is 10.9. The van der Waals surface area contributed by atoms with E-state index in [1.807, 2.05) is 24.0 Å². The van der Waals surface area contributed by atoms with Gasteiger partial charge >= 0.3 is 5.97 Å². The van der Waals surface area contributed by atoms with Gasteiger partial charge in [0.15, 0.2) is 6.61 Å². The molecule has 1 fully saturated rings. The lowest BCUT2D eigenvalue weighted by atomic mass is 10.1. The summed E-state index contributed by atoms with van der Waals surface area (Å²) in [6.07, 6.45) is 0. The number of fused-ring (bicyclic) bond motifs is 1. The predicted octanol–water partition coefficient (Wildman–Crippen LogP) is 2.57. The average molecular weight is 486 g/mol. The minimum atomic E-state index is -0.417. The predicted molar refractivity (Wildman–Crippen MR) is 130 cm³/mol. The summed E-state index contributed by atoms with van der Waals surface area (Å²) in [5.74, 6) is 1.43. The highest BCUT2D eigenvalue weighted by atomic mass is 32.1. The van der Waals surface area contributed by atoms with Crippen molar-refractivity contribution >= 4 is 45.2 Å². The van der Waals surface area contributed by atoms with Gasteiger partial charge in [-0.2, -0.15) is 4.98 Å². The second-order valence-electron chi connectivity index (χ2n) is 7.81. The molecule has 1 amide bonds. The molecular formula is C23H27N5O5S. The number of hydrogen-bond donors (Lipinski definition) is 1. The summed E-state index contributed by atoms with van der Waals surface area (Å²) in [4.78, 5) is 38.5. The van der Waals surface area contributed by atoms with Crippen LogP contribution in [0.5, 0.6) is 11.5 Å². The van der Waals surface area contributed by atoms with E-state index in [4.69, 9.17) is 19.9 Å². The van der Waals surface area contributed by atoms with Gasteiger partial charge in [-0.3, -0.25) is 4.79 Å². The Morgan fingerprint density at radius 3 is 2.76 bits per heavy atom. The van der Waals surface area contributed by atoms with Crippen molar-refractivity contribution in [1.29, 1.82) is 0 Å². The van der Waals surface area contributed by atoms with E-state index in [0.717, 1.165) is 0 Å². The monoisotopic (exact) mass is 485 g/mol. The SMILES string of the molecule is CCOC(=O)c1csc2nc(N)nc(N3CCN(C(=O)COc4cccc(OC)c4)C(C)C3)c12. The van der Waals surface area contributed by atoms with Crippen molar-refractivity contribution in [3.05, 3.63) is 35.2 Å². The number of anilines is 2. The zero-order chi connectivity index (χ0) is 24.2. The number of piperazine rings is 1. The van der Waals surface area contributed by atoms with Crippen molar-refractivity contribution in [3.63, 3.8) is 0 Å². The van der Waals surface area contributed by atoms with Crippen LogP contribution in [0, 0.1) is 0 Å². The van der Waals surface area contributed by atoms with Crippen molar-refractivity contribution in [2.75, 3.05) is 50.6 Å². The number of rotatable bonds is 7. The highest BCUT2D eigenvalue weighted by Gasteiger charge is 2.31. The third-order valence-electron chi connectivity index (χ3n) is 5.58. The van der Waals surface area contributed by atoms with Crippen molar-refractivity contribution in [2.24, 2.45) is 0 Å². The summed E-state index contributed by atoms with van der Waals surface area (Å²) < 4.78 is 16.1. The van der Waals surface area contributed by atoms with E-state index in [0.29, 0.717) is 52.7 Å². The van der Waals surface area contributed by atoms with Gasteiger partial charge < -0.3 is 29.7 Å². The minimum Gasteiger partial charge on any atom is -0.497 e. The molecule has 3 heterocycles. The summed E-state index contributed by atoms with van der Waals surface area (Å²) in [6.45, 7) is 5.46. The number of methoxy groups -OCH3 is 1. The fraction of sp³-hybridized carbons (Fsp3) is 0.391. The van der Waals surface area contributed by atoms with E-state index in [-0.39, 0.29) is 31.1 Å². The summed E-state index contributed by atoms with van der Waals surface area (Å²) in [5.41, 5.74) is 6.38. The van der Waals surface area contributed by atoms with Gasteiger partial charge in [-0.15, -0.1) is 11.3 Å². The van der Waals surface area contributed by atoms with Gasteiger partial charge in [0, 0.05) is 37.1 Å². The third kappa shape index (κ3) is 4.84. The molecule has 0 aliphatic carbocycles. The van der Waals surface area contributed by atoms with Crippen molar-refractivity contribution in [2.45, 2.75) is 19.9 Å². The number of esters is 1. The van der Waals surface area contributed by atoms with Gasteiger partial charge in [-0.1, -0.05) is 6.07 Å². The Balaban J connectivity index is 1.48. The zero-order valence-corrected chi connectivity index (χ0v) is 20.1. The highest BCUT2D eigenvalue weighted by molar-refractivity contribution is 7.17. The van der Waals surface area contributed by atoms with Crippen LogP contribution in [-0.2, 0) is 9.53 Å². The summed E-state index contributed by atoms with van der Waals surface area (Å²) in [5, 5.41) is 2.35. The van der Waals surface area contributed by atoms with Crippen LogP contribution in [0.3, 0.4) is 0 Å². The molecule has 1 atom stereocenters. The van der Waals surface area contributed by atoms with Crippen molar-refractivity contribution in [1.82, 2.24) is 14.9 Å². The second-order valence-corrected chi connectivity index (χ2v) is 8.66. The van der Waals surface area contributed by atoms with Gasteiger partial charge in [0.25, 0.3) is 5.91 Å². The molecule has 0 saturated carbocycles. The van der Waals surface area contributed by atoms with Crippen LogP contribution < -0.4 is 20.1 Å². The first kappa shape index (κ1) is 23.6. The standard InChI is InChI=1S/C23H27N5O5S/c1-4-32-22(30)17-13-34-21-19(17)20(25-23(24)26-21)27-8-9-28(14(2)11-27)18(29)12-33-16-7-5-6-15(10-16)31-3/h5-7,10,13-14H,4,8-9,11-12H2,1-3H3,(H2,24,25,26). The maximum Gasteiger partial charge on any atom is 0.339 e. The number of carbonyl (C=O) groups is 2. The zero-order valence-electron chi connectivity index (χ0n) is 19.3. The molecule has 0 bridgehead atoms. The molecule has 4 rings (SSSR count). The van der Waals surface area contributed by atoms with Crippen molar-refractivity contribution < 1.29 is 23.8 Å². The third-order valence-corrected chi connectivity index (χ3v) is 6.45. The molecule has 1 aliphatic rings. The van der Waals surface area contributed by atoms with Gasteiger partial charge in [-0.05, 0) is 26.0 Å². The lowest BCUT2D eigenvalue weighted by Gasteiger charge is -2.40. The Morgan fingerprint density at radius 2 is 2.03 bits per heavy atom. The Bertz CT molecular complexity index is 1200. The molecule has 180 valence electrons. The molecule has 1 aromatic carbocycles. The maximum atomic E-state index is 12.9. The van der Waals surface area contributed by atoms with E-state index in [9.17, 15) is 9.59 Å². The first-order valence-corrected chi connectivity index (χ1v) is 11.8. The van der Waals surface area contributed by atoms with Gasteiger partial charge in [0.2, 0.25) is 5.95 Å². The quantitative estimate of drug-likeness (QED) is 0.503. The summed E-state index contributed by atoms with van der Waals surface area (Å²) in [6, 6.07) is 7.04. The van der Waals surface area contributed by atoms with Crippen LogP contribution in [0.2, 0.25) is 0 Å². The molecule has 3 aromatic rings. The normalized spacial score (nSPS) is 15.9. The van der Waals surface area contributed by atoms with E-state index in [2.05, 4.69) is 9.97 Å². The lowest BCUT2D eigenvalue weighted by Crippen LogP contribution is -2.55. The molecule has 10 nitrogen and oxygen atoms in total. The number of benzene rings is 1. The number of thiophene rings is 1. The molecule has 2 aromatic heterocycles. The number of ether oxygens (including phenoxy) is 3. The smallest absolute Gasteiger partial charge is 0.339 e. The number of carbonyl (C=O) groups excluding carboxylic acids is 2. The fourth-order valence-corrected chi connectivity index (χ4v) is 4.88. The number of nitrogen functional groups attached to an aromatic ring is 1. The van der Waals surface area contributed by atoms with E-state index < -0.39 is 5.97 Å². The van der Waals surface area contributed by atoms with Crippen LogP contribution in [0.4, 0.5) is 11.8 Å². The number of nitrogens with zero attached hydrogens (tertiary/aromatic N) is 4. The first-order chi connectivity index (χ1) is 16.4. The van der Waals surface area contributed by atoms with Gasteiger partial charge in [0.1, 0.15) is 22.1 Å². The molecule has 34 heavy (non-hydrogen) atoms. The largest absolute Gasteiger partial charge is 0.497 e. The topological polar surface area (TPSA) is 120 Å². The number of amides is 1. The van der Waals surface area contributed by atoms with Crippen LogP contribution in [0.1, 0.15) is 24.2 Å². The van der Waals surface area contributed by atoms with Crippen molar-refractivity contribution in [3.8, 4) is 11.5 Å². The second kappa shape index (κ2) is 10.1. The summed E-state index contributed by atoms with van der Waals surface area (Å²) in [7, 11) is 1.58. The highest BCUT2D eigenvalue weighted by Crippen LogP contribution is 2.34. The molecule has 1 saturated heterocycles. The van der Waals surface area contributed by atoms with Gasteiger partial charge in [0.05, 0.1) is 24.7 Å². The van der Waals surface area contributed by atoms with E-state index in [1.165, 1.54) is 11.3 Å². The lowest BCUT2D eigenvalue weighted by molar-refractivity contribution is -0.135. The average Bonchev–Trinajstić information content (AvgIpc) is 3.26. The molecule has 1 unspecified atom stereocenters. The van der Waals surface area contributed by atoms with Crippen LogP contribution in [0.15, 0.2) is 29.6 Å². The van der Waals surface area contributed by atoms with E-state index >= 15 is 0 Å². The molecule has 0 radical (unpaired) electrons. The van der Waals surface area contributed by atoms with Gasteiger partial charge in [-0.25, -0.2) is 9.78 Å². The number of nitrogens with two attached hydrogens (primary N) is 1. The van der Waals surface area contributed by atoms with E-state index in [1.54, 1.807) is 36.4 Å². The Morgan fingerprint density at radius 1 is 1.24 bits per heavy atom. The Hall–Kier alpha value is -3.60. The minimum absolute atomic E-state index is 0.0697. The Kier molecular flexibility index (Phi) is 7.01. The number of aromatic nitrogens is 2. The fourth-order valence-electron chi connectivity index (χ4n) is 3.97. The van der Waals surface area contributed by atoms with Crippen LogP contribution in [-0.4, -0.2) is 72.7 Å². The molecule has 1 aliphatic heterocycles. The molecule has 11 heteroatoms. The molecule has 2 N–H and O–H groups in total. The molecular weight excluding hydrogens is 458 g/mol. The molecule has 0 spiro atoms. The number of hydrogen-bond acceptors (Lipinski definition) is 10. The van der Waals surface area contributed by atoms with Crippen LogP contribution >= 0.6 is 11.3 Å². The Labute approximate surface area is 201 Å². The summed E-state index contributed by atoms with van der Waals surface area (Å²) >= 11 is 1.33.